The van der Waals surface area contributed by atoms with Crippen LogP contribution in [-0.4, -0.2) is 11.5 Å². The molecule has 2 heterocycles. The summed E-state index contributed by atoms with van der Waals surface area (Å²) < 4.78 is 43.3. The van der Waals surface area contributed by atoms with E-state index in [0.29, 0.717) is 17.6 Å². The molecule has 0 saturated carbocycles. The van der Waals surface area contributed by atoms with Gasteiger partial charge in [0.2, 0.25) is 0 Å². The van der Waals surface area contributed by atoms with Crippen LogP contribution in [0.15, 0.2) is 39.5 Å². The largest absolute Gasteiger partial charge is 0.454 e. The number of halogens is 4. The van der Waals surface area contributed by atoms with Crippen molar-refractivity contribution in [1.82, 2.24) is 4.98 Å². The number of anilines is 1. The van der Waals surface area contributed by atoms with Gasteiger partial charge in [-0.25, -0.2) is 4.98 Å². The minimum atomic E-state index is -4.36. The van der Waals surface area contributed by atoms with Gasteiger partial charge in [-0.05, 0) is 40.2 Å². The highest BCUT2D eigenvalue weighted by Gasteiger charge is 2.30. The van der Waals surface area contributed by atoms with Gasteiger partial charge in [0.1, 0.15) is 11.6 Å². The van der Waals surface area contributed by atoms with Crippen LogP contribution >= 0.6 is 15.9 Å². The average Bonchev–Trinajstić information content (AvgIpc) is 2.74. The number of aromatic nitrogens is 1. The first-order chi connectivity index (χ1) is 8.95. The van der Waals surface area contributed by atoms with Crippen LogP contribution in [0.5, 0.6) is 0 Å². The first-order valence-corrected chi connectivity index (χ1v) is 6.26. The van der Waals surface area contributed by atoms with E-state index in [1.54, 1.807) is 12.1 Å². The summed E-state index contributed by atoms with van der Waals surface area (Å²) in [5.41, 5.74) is -0.717. The average molecular weight is 335 g/mol. The summed E-state index contributed by atoms with van der Waals surface area (Å²) >= 11 is 3.18. The predicted molar refractivity (Wildman–Crippen MR) is 67.8 cm³/mol. The smallest absolute Gasteiger partial charge is 0.416 e. The van der Waals surface area contributed by atoms with Crippen molar-refractivity contribution in [2.24, 2.45) is 0 Å². The van der Waals surface area contributed by atoms with Crippen molar-refractivity contribution in [2.45, 2.75) is 12.6 Å². The molecule has 0 aromatic carbocycles. The van der Waals surface area contributed by atoms with Crippen LogP contribution in [0.4, 0.5) is 19.0 Å². The topological polar surface area (TPSA) is 38.1 Å². The lowest BCUT2D eigenvalue weighted by atomic mass is 10.2. The fourth-order valence-electron chi connectivity index (χ4n) is 1.50. The second-order valence-corrected chi connectivity index (χ2v) is 4.59. The van der Waals surface area contributed by atoms with Crippen molar-refractivity contribution in [3.05, 3.63) is 46.5 Å². The molecular formula is C12H10BrF3N2O. The van der Waals surface area contributed by atoms with Gasteiger partial charge in [-0.1, -0.05) is 0 Å². The summed E-state index contributed by atoms with van der Waals surface area (Å²) in [6, 6.07) is 5.48. The Balaban J connectivity index is 1.93. The first-order valence-electron chi connectivity index (χ1n) is 5.46. The van der Waals surface area contributed by atoms with Gasteiger partial charge in [-0.2, -0.15) is 13.2 Å². The second-order valence-electron chi connectivity index (χ2n) is 3.81. The van der Waals surface area contributed by atoms with Crippen LogP contribution in [-0.2, 0) is 12.6 Å². The molecular weight excluding hydrogens is 325 g/mol. The van der Waals surface area contributed by atoms with E-state index in [0.717, 1.165) is 24.1 Å². The molecule has 0 radical (unpaired) electrons. The first kappa shape index (κ1) is 13.9. The van der Waals surface area contributed by atoms with Gasteiger partial charge in [-0.15, -0.1) is 0 Å². The Morgan fingerprint density at radius 1 is 1.26 bits per heavy atom. The van der Waals surface area contributed by atoms with Crippen LogP contribution in [0.3, 0.4) is 0 Å². The van der Waals surface area contributed by atoms with E-state index in [1.165, 1.54) is 0 Å². The SMILES string of the molecule is FC(F)(F)c1ccnc(NCCc2ccc(Br)o2)c1. The Morgan fingerprint density at radius 3 is 2.68 bits per heavy atom. The van der Waals surface area contributed by atoms with E-state index in [-0.39, 0.29) is 5.82 Å². The van der Waals surface area contributed by atoms with Crippen LogP contribution in [0, 0.1) is 0 Å². The zero-order chi connectivity index (χ0) is 13.9. The Bertz CT molecular complexity index is 554. The number of hydrogen-bond acceptors (Lipinski definition) is 3. The molecule has 1 N–H and O–H groups in total. The lowest BCUT2D eigenvalue weighted by molar-refractivity contribution is -0.137. The number of furan rings is 1. The van der Waals surface area contributed by atoms with E-state index in [1.807, 2.05) is 0 Å². The summed E-state index contributed by atoms with van der Waals surface area (Å²) in [7, 11) is 0. The quantitative estimate of drug-likeness (QED) is 0.914. The van der Waals surface area contributed by atoms with Crippen molar-refractivity contribution in [1.29, 1.82) is 0 Å². The Kier molecular flexibility index (Phi) is 4.14. The molecule has 0 spiro atoms. The molecule has 2 aromatic rings. The monoisotopic (exact) mass is 334 g/mol. The van der Waals surface area contributed by atoms with Gasteiger partial charge in [0.05, 0.1) is 5.56 Å². The van der Waals surface area contributed by atoms with Gasteiger partial charge >= 0.3 is 6.18 Å². The summed E-state index contributed by atoms with van der Waals surface area (Å²) in [4.78, 5) is 3.84. The number of pyridine rings is 1. The maximum atomic E-state index is 12.5. The van der Waals surface area contributed by atoms with Gasteiger partial charge in [0.25, 0.3) is 0 Å². The highest BCUT2D eigenvalue weighted by atomic mass is 79.9. The summed E-state index contributed by atoms with van der Waals surface area (Å²) in [6.07, 6.45) is -2.66. The molecule has 0 unspecified atom stereocenters. The van der Waals surface area contributed by atoms with Gasteiger partial charge in [0.15, 0.2) is 4.67 Å². The van der Waals surface area contributed by atoms with E-state index in [9.17, 15) is 13.2 Å². The van der Waals surface area contributed by atoms with E-state index < -0.39 is 11.7 Å². The van der Waals surface area contributed by atoms with Crippen LogP contribution in [0.25, 0.3) is 0 Å². The van der Waals surface area contributed by atoms with E-state index in [2.05, 4.69) is 26.2 Å². The number of alkyl halides is 3. The molecule has 0 fully saturated rings. The molecule has 19 heavy (non-hydrogen) atoms. The fraction of sp³-hybridized carbons (Fsp3) is 0.250. The third kappa shape index (κ3) is 3.99. The standard InChI is InChI=1S/C12H10BrF3N2O/c13-10-2-1-9(19-10)4-6-18-11-7-8(3-5-17-11)12(14,15)16/h1-3,5,7H,4,6H2,(H,17,18). The lowest BCUT2D eigenvalue weighted by Gasteiger charge is -2.09. The van der Waals surface area contributed by atoms with Crippen LogP contribution < -0.4 is 5.32 Å². The Morgan fingerprint density at radius 2 is 2.05 bits per heavy atom. The van der Waals surface area contributed by atoms with Crippen molar-refractivity contribution in [3.63, 3.8) is 0 Å². The third-order valence-corrected chi connectivity index (χ3v) is 2.82. The van der Waals surface area contributed by atoms with E-state index >= 15 is 0 Å². The second kappa shape index (κ2) is 5.64. The summed E-state index contributed by atoms with van der Waals surface area (Å²) in [5, 5.41) is 2.83. The van der Waals surface area contributed by atoms with E-state index in [4.69, 9.17) is 4.42 Å². The Hall–Kier alpha value is -1.50. The number of rotatable bonds is 4. The molecule has 2 aromatic heterocycles. The van der Waals surface area contributed by atoms with Gasteiger partial charge in [0, 0.05) is 19.2 Å². The van der Waals surface area contributed by atoms with Crippen molar-refractivity contribution in [2.75, 3.05) is 11.9 Å². The molecule has 2 rings (SSSR count). The number of nitrogens with one attached hydrogen (secondary N) is 1. The molecule has 0 saturated heterocycles. The van der Waals surface area contributed by atoms with Crippen molar-refractivity contribution < 1.29 is 17.6 Å². The number of nitrogens with zero attached hydrogens (tertiary/aromatic N) is 1. The highest BCUT2D eigenvalue weighted by molar-refractivity contribution is 9.10. The molecule has 0 aliphatic heterocycles. The molecule has 7 heteroatoms. The Labute approximate surface area is 116 Å². The summed E-state index contributed by atoms with van der Waals surface area (Å²) in [6.45, 7) is 0.439. The zero-order valence-corrected chi connectivity index (χ0v) is 11.3. The zero-order valence-electron chi connectivity index (χ0n) is 9.67. The normalized spacial score (nSPS) is 11.6. The molecule has 0 bridgehead atoms. The predicted octanol–water partition coefficient (Wildman–Crippen LogP) is 4.11. The fourth-order valence-corrected chi connectivity index (χ4v) is 1.84. The lowest BCUT2D eigenvalue weighted by Crippen LogP contribution is -2.09. The number of hydrogen-bond donors (Lipinski definition) is 1. The minimum Gasteiger partial charge on any atom is -0.454 e. The van der Waals surface area contributed by atoms with Crippen molar-refractivity contribution >= 4 is 21.7 Å². The maximum Gasteiger partial charge on any atom is 0.416 e. The maximum absolute atomic E-state index is 12.5. The van der Waals surface area contributed by atoms with Crippen molar-refractivity contribution in [3.8, 4) is 0 Å². The van der Waals surface area contributed by atoms with Gasteiger partial charge in [-0.3, -0.25) is 0 Å². The molecule has 0 aliphatic rings. The highest BCUT2D eigenvalue weighted by Crippen LogP contribution is 2.29. The minimum absolute atomic E-state index is 0.195. The third-order valence-electron chi connectivity index (χ3n) is 2.39. The molecule has 0 amide bonds. The molecule has 0 aliphatic carbocycles. The van der Waals surface area contributed by atoms with Crippen LogP contribution in [0.1, 0.15) is 11.3 Å². The van der Waals surface area contributed by atoms with Gasteiger partial charge < -0.3 is 9.73 Å². The summed E-state index contributed by atoms with van der Waals surface area (Å²) in [5.74, 6) is 0.937. The molecule has 0 atom stereocenters. The molecule has 102 valence electrons. The molecule has 3 nitrogen and oxygen atoms in total. The van der Waals surface area contributed by atoms with Crippen LogP contribution in [0.2, 0.25) is 0 Å².